The second-order valence-corrected chi connectivity index (χ2v) is 5.55. The average molecular weight is 249 g/mol. The molecule has 0 radical (unpaired) electrons. The second-order valence-electron chi connectivity index (χ2n) is 4.47. The summed E-state index contributed by atoms with van der Waals surface area (Å²) in [5.74, 6) is 0.634. The van der Waals surface area contributed by atoms with E-state index in [1.807, 2.05) is 0 Å². The molecule has 1 N–H and O–H groups in total. The van der Waals surface area contributed by atoms with Crippen LogP contribution in [0.25, 0.3) is 10.2 Å². The van der Waals surface area contributed by atoms with Gasteiger partial charge in [0, 0.05) is 11.9 Å². The minimum atomic E-state index is 0.634. The number of rotatable bonds is 1. The van der Waals surface area contributed by atoms with Gasteiger partial charge in [-0.3, -0.25) is 5.21 Å². The highest BCUT2D eigenvalue weighted by Crippen LogP contribution is 2.37. The van der Waals surface area contributed by atoms with Crippen molar-refractivity contribution in [3.05, 3.63) is 16.8 Å². The first kappa shape index (κ1) is 10.9. The van der Waals surface area contributed by atoms with Gasteiger partial charge >= 0.3 is 0 Å². The monoisotopic (exact) mass is 249 g/mol. The molecule has 2 aromatic rings. The molecule has 0 saturated carbocycles. The van der Waals surface area contributed by atoms with Gasteiger partial charge in [-0.2, -0.15) is 0 Å². The normalized spacial score (nSPS) is 15.6. The van der Waals surface area contributed by atoms with E-state index in [1.165, 1.54) is 36.0 Å². The number of fused-ring (bicyclic) bond motifs is 3. The summed E-state index contributed by atoms with van der Waals surface area (Å²) >= 11 is 1.76. The molecule has 0 fully saturated rings. The zero-order valence-electron chi connectivity index (χ0n) is 9.81. The highest BCUT2D eigenvalue weighted by atomic mass is 32.1. The Labute approximate surface area is 104 Å². The van der Waals surface area contributed by atoms with E-state index in [0.29, 0.717) is 5.82 Å². The topological polar surface area (TPSA) is 49.2 Å². The molecule has 4 nitrogen and oxygen atoms in total. The summed E-state index contributed by atoms with van der Waals surface area (Å²) in [5, 5.41) is 11.8. The number of hydroxylamine groups is 1. The Bertz CT molecular complexity index is 550. The predicted molar refractivity (Wildman–Crippen MR) is 68.9 cm³/mol. The molecular weight excluding hydrogens is 234 g/mol. The zero-order valence-corrected chi connectivity index (χ0v) is 10.6. The van der Waals surface area contributed by atoms with Crippen LogP contribution < -0.4 is 5.06 Å². The van der Waals surface area contributed by atoms with E-state index in [9.17, 15) is 5.21 Å². The molecule has 0 unspecified atom stereocenters. The van der Waals surface area contributed by atoms with Gasteiger partial charge < -0.3 is 0 Å². The molecule has 0 amide bonds. The third kappa shape index (κ3) is 1.79. The van der Waals surface area contributed by atoms with E-state index in [-0.39, 0.29) is 0 Å². The van der Waals surface area contributed by atoms with Gasteiger partial charge in [0.25, 0.3) is 0 Å². The summed E-state index contributed by atoms with van der Waals surface area (Å²) in [7, 11) is 1.61. The average Bonchev–Trinajstić information content (AvgIpc) is 2.52. The van der Waals surface area contributed by atoms with E-state index < -0.39 is 0 Å². The van der Waals surface area contributed by atoms with Crippen LogP contribution in [-0.4, -0.2) is 22.2 Å². The van der Waals surface area contributed by atoms with Crippen LogP contribution in [0, 0.1) is 0 Å². The highest BCUT2D eigenvalue weighted by molar-refractivity contribution is 7.18. The Morgan fingerprint density at radius 2 is 2.06 bits per heavy atom. The first-order valence-corrected chi connectivity index (χ1v) is 6.77. The first-order chi connectivity index (χ1) is 8.27. The number of hydrogen-bond acceptors (Lipinski definition) is 5. The van der Waals surface area contributed by atoms with Crippen LogP contribution in [0.1, 0.15) is 29.7 Å². The van der Waals surface area contributed by atoms with Crippen molar-refractivity contribution in [2.75, 3.05) is 12.1 Å². The molecule has 90 valence electrons. The number of aromatic nitrogens is 2. The predicted octanol–water partition coefficient (Wildman–Crippen LogP) is 2.79. The van der Waals surface area contributed by atoms with E-state index in [1.54, 1.807) is 18.4 Å². The van der Waals surface area contributed by atoms with Crippen LogP contribution in [0.15, 0.2) is 6.33 Å². The summed E-state index contributed by atoms with van der Waals surface area (Å²) in [6, 6.07) is 0. The summed E-state index contributed by atoms with van der Waals surface area (Å²) < 4.78 is 0. The lowest BCUT2D eigenvalue weighted by molar-refractivity contribution is 0.277. The minimum Gasteiger partial charge on any atom is -0.287 e. The summed E-state index contributed by atoms with van der Waals surface area (Å²) in [4.78, 5) is 11.0. The Morgan fingerprint density at radius 3 is 2.88 bits per heavy atom. The summed E-state index contributed by atoms with van der Waals surface area (Å²) in [6.45, 7) is 0. The molecule has 1 aliphatic carbocycles. The second kappa shape index (κ2) is 4.23. The fourth-order valence-corrected chi connectivity index (χ4v) is 3.72. The molecule has 0 spiro atoms. The van der Waals surface area contributed by atoms with Crippen molar-refractivity contribution in [3.63, 3.8) is 0 Å². The van der Waals surface area contributed by atoms with Gasteiger partial charge in [0.05, 0.1) is 5.39 Å². The SMILES string of the molecule is CN(O)c1ncnc2sc3c(c12)CCCCC3. The molecule has 1 aliphatic rings. The van der Waals surface area contributed by atoms with Gasteiger partial charge in [-0.05, 0) is 31.2 Å². The number of nitrogens with zero attached hydrogens (tertiary/aromatic N) is 3. The summed E-state index contributed by atoms with van der Waals surface area (Å²) in [5.41, 5.74) is 1.36. The Hall–Kier alpha value is -1.20. The fraction of sp³-hybridized carbons (Fsp3) is 0.500. The third-order valence-electron chi connectivity index (χ3n) is 3.29. The lowest BCUT2D eigenvalue weighted by Gasteiger charge is -2.11. The number of thiophene rings is 1. The maximum atomic E-state index is 9.66. The van der Waals surface area contributed by atoms with Crippen LogP contribution >= 0.6 is 11.3 Å². The van der Waals surface area contributed by atoms with E-state index >= 15 is 0 Å². The molecular formula is C12H15N3OS. The smallest absolute Gasteiger partial charge is 0.164 e. The third-order valence-corrected chi connectivity index (χ3v) is 4.49. The largest absolute Gasteiger partial charge is 0.287 e. The molecule has 5 heteroatoms. The van der Waals surface area contributed by atoms with Crippen molar-refractivity contribution in [2.24, 2.45) is 0 Å². The van der Waals surface area contributed by atoms with Crippen molar-refractivity contribution >= 4 is 27.4 Å². The maximum absolute atomic E-state index is 9.66. The van der Waals surface area contributed by atoms with E-state index in [2.05, 4.69) is 9.97 Å². The molecule has 0 aromatic carbocycles. The Morgan fingerprint density at radius 1 is 1.24 bits per heavy atom. The molecule has 3 rings (SSSR count). The van der Waals surface area contributed by atoms with Gasteiger partial charge in [0.2, 0.25) is 0 Å². The minimum absolute atomic E-state index is 0.634. The Kier molecular flexibility index (Phi) is 2.72. The fourth-order valence-electron chi connectivity index (χ4n) is 2.50. The van der Waals surface area contributed by atoms with Gasteiger partial charge in [0.15, 0.2) is 5.82 Å². The molecule has 0 bridgehead atoms. The molecule has 0 saturated heterocycles. The van der Waals surface area contributed by atoms with Crippen molar-refractivity contribution in [1.29, 1.82) is 0 Å². The quantitative estimate of drug-likeness (QED) is 0.623. The number of aryl methyl sites for hydroxylation is 2. The summed E-state index contributed by atoms with van der Waals surface area (Å²) in [6.07, 6.45) is 7.54. The highest BCUT2D eigenvalue weighted by Gasteiger charge is 2.19. The molecule has 17 heavy (non-hydrogen) atoms. The van der Waals surface area contributed by atoms with Crippen LogP contribution in [0.2, 0.25) is 0 Å². The van der Waals surface area contributed by atoms with E-state index in [4.69, 9.17) is 0 Å². The van der Waals surface area contributed by atoms with E-state index in [0.717, 1.165) is 28.1 Å². The van der Waals surface area contributed by atoms with Gasteiger partial charge in [-0.15, -0.1) is 11.3 Å². The molecule has 0 atom stereocenters. The lowest BCUT2D eigenvalue weighted by Crippen LogP contribution is -2.12. The Balaban J connectivity index is 2.27. The van der Waals surface area contributed by atoms with Crippen LogP contribution in [-0.2, 0) is 12.8 Å². The first-order valence-electron chi connectivity index (χ1n) is 5.95. The van der Waals surface area contributed by atoms with Crippen molar-refractivity contribution < 1.29 is 5.21 Å². The van der Waals surface area contributed by atoms with Crippen molar-refractivity contribution in [1.82, 2.24) is 9.97 Å². The van der Waals surface area contributed by atoms with Crippen molar-refractivity contribution in [2.45, 2.75) is 32.1 Å². The van der Waals surface area contributed by atoms with Crippen LogP contribution in [0.3, 0.4) is 0 Å². The number of anilines is 1. The van der Waals surface area contributed by atoms with Crippen LogP contribution in [0.4, 0.5) is 5.82 Å². The maximum Gasteiger partial charge on any atom is 0.164 e. The van der Waals surface area contributed by atoms with Gasteiger partial charge in [0.1, 0.15) is 11.2 Å². The standard InChI is InChI=1S/C12H15N3OS/c1-15(16)11-10-8-5-3-2-4-6-9(8)17-12(10)14-7-13-11/h7,16H,2-6H2,1H3. The zero-order chi connectivity index (χ0) is 11.8. The van der Waals surface area contributed by atoms with Crippen LogP contribution in [0.5, 0.6) is 0 Å². The number of hydrogen-bond donors (Lipinski definition) is 1. The van der Waals surface area contributed by atoms with Gasteiger partial charge in [-0.1, -0.05) is 6.42 Å². The molecule has 2 aromatic heterocycles. The van der Waals surface area contributed by atoms with Crippen molar-refractivity contribution in [3.8, 4) is 0 Å². The molecule has 2 heterocycles. The molecule has 0 aliphatic heterocycles. The lowest BCUT2D eigenvalue weighted by atomic mass is 10.1. The van der Waals surface area contributed by atoms with Gasteiger partial charge in [-0.25, -0.2) is 15.0 Å².